The molecule has 1 radical (unpaired) electrons. The van der Waals surface area contributed by atoms with Gasteiger partial charge in [-0.25, -0.2) is 0 Å². The molecule has 7 heavy (non-hydrogen) atoms. The maximum atomic E-state index is 4.77. The van der Waals surface area contributed by atoms with Crippen LogP contribution in [0.4, 0.5) is 0 Å². The monoisotopic (exact) mass is 99.1 g/mol. The van der Waals surface area contributed by atoms with Crippen molar-refractivity contribution in [1.82, 2.24) is 10.9 Å². The summed E-state index contributed by atoms with van der Waals surface area (Å²) in [5.41, 5.74) is 5.47. The zero-order valence-corrected chi connectivity index (χ0v) is 4.06. The topological polar surface area (TPSA) is 33.3 Å². The summed E-state index contributed by atoms with van der Waals surface area (Å²) in [5, 5.41) is 0. The molecule has 39 valence electrons. The minimum absolute atomic E-state index is 0.750. The van der Waals surface area contributed by atoms with E-state index in [1.807, 2.05) is 0 Å². The first kappa shape index (κ1) is 4.61. The van der Waals surface area contributed by atoms with E-state index in [1.54, 1.807) is 19.4 Å². The van der Waals surface area contributed by atoms with E-state index in [0.717, 1.165) is 6.23 Å². The standard InChI is InChI=1S/C4H7N2O/c1-7-4-2-3-5-6-4/h2-3,5-6H,1H3. The second kappa shape index (κ2) is 1.95. The quantitative estimate of drug-likeness (QED) is 0.475. The van der Waals surface area contributed by atoms with Crippen molar-refractivity contribution in [2.45, 2.75) is 0 Å². The Morgan fingerprint density at radius 3 is 2.86 bits per heavy atom. The molecular weight excluding hydrogens is 92.1 g/mol. The zero-order chi connectivity index (χ0) is 5.11. The molecular formula is C4H7N2O. The average molecular weight is 99.1 g/mol. The van der Waals surface area contributed by atoms with Crippen molar-refractivity contribution in [3.05, 3.63) is 18.5 Å². The molecule has 1 heterocycles. The van der Waals surface area contributed by atoms with E-state index in [1.165, 1.54) is 0 Å². The van der Waals surface area contributed by atoms with Crippen LogP contribution in [0.15, 0.2) is 12.3 Å². The third kappa shape index (κ3) is 0.913. The SMILES string of the molecule is CO[C]1C=CNN1. The summed E-state index contributed by atoms with van der Waals surface area (Å²) in [6.07, 6.45) is 4.32. The highest BCUT2D eigenvalue weighted by Crippen LogP contribution is 1.97. The van der Waals surface area contributed by atoms with E-state index in [0.29, 0.717) is 0 Å². The fourth-order valence-electron chi connectivity index (χ4n) is 0.391. The summed E-state index contributed by atoms with van der Waals surface area (Å²) < 4.78 is 4.77. The van der Waals surface area contributed by atoms with Crippen LogP contribution < -0.4 is 10.9 Å². The lowest BCUT2D eigenvalue weighted by Crippen LogP contribution is -2.24. The molecule has 0 aliphatic carbocycles. The zero-order valence-electron chi connectivity index (χ0n) is 4.06. The van der Waals surface area contributed by atoms with Gasteiger partial charge in [0.2, 0.25) is 6.23 Å². The highest BCUT2D eigenvalue weighted by atomic mass is 16.5. The number of methoxy groups -OCH3 is 1. The summed E-state index contributed by atoms with van der Waals surface area (Å²) in [4.78, 5) is 0. The molecule has 1 aliphatic rings. The summed E-state index contributed by atoms with van der Waals surface area (Å²) >= 11 is 0. The highest BCUT2D eigenvalue weighted by molar-refractivity contribution is 5.04. The van der Waals surface area contributed by atoms with Gasteiger partial charge in [-0.2, -0.15) is 5.43 Å². The van der Waals surface area contributed by atoms with Crippen LogP contribution in [0, 0.1) is 6.23 Å². The number of ether oxygens (including phenoxy) is 1. The van der Waals surface area contributed by atoms with Crippen molar-refractivity contribution in [2.75, 3.05) is 7.11 Å². The van der Waals surface area contributed by atoms with Crippen molar-refractivity contribution >= 4 is 0 Å². The van der Waals surface area contributed by atoms with E-state index in [9.17, 15) is 0 Å². The Morgan fingerprint density at radius 2 is 2.57 bits per heavy atom. The van der Waals surface area contributed by atoms with Crippen molar-refractivity contribution in [1.29, 1.82) is 0 Å². The molecule has 2 N–H and O–H groups in total. The van der Waals surface area contributed by atoms with Crippen LogP contribution in [0.2, 0.25) is 0 Å². The molecule has 0 amide bonds. The number of rotatable bonds is 1. The van der Waals surface area contributed by atoms with Gasteiger partial charge in [0.15, 0.2) is 0 Å². The van der Waals surface area contributed by atoms with Crippen molar-refractivity contribution in [3.8, 4) is 0 Å². The number of hydrazine groups is 1. The van der Waals surface area contributed by atoms with Crippen molar-refractivity contribution < 1.29 is 4.74 Å². The maximum absolute atomic E-state index is 4.77. The molecule has 0 aromatic heterocycles. The molecule has 3 nitrogen and oxygen atoms in total. The Morgan fingerprint density at radius 1 is 1.71 bits per heavy atom. The third-order valence-electron chi connectivity index (χ3n) is 0.733. The van der Waals surface area contributed by atoms with Crippen LogP contribution in [-0.4, -0.2) is 7.11 Å². The summed E-state index contributed by atoms with van der Waals surface area (Å²) in [7, 11) is 1.61. The van der Waals surface area contributed by atoms with Crippen LogP contribution in [0.5, 0.6) is 0 Å². The lowest BCUT2D eigenvalue weighted by atomic mass is 10.6. The predicted octanol–water partition coefficient (Wildman–Crippen LogP) is -0.256. The van der Waals surface area contributed by atoms with E-state index < -0.39 is 0 Å². The van der Waals surface area contributed by atoms with Gasteiger partial charge in [0, 0.05) is 13.3 Å². The van der Waals surface area contributed by atoms with Gasteiger partial charge in [-0.15, -0.1) is 0 Å². The van der Waals surface area contributed by atoms with E-state index in [4.69, 9.17) is 4.74 Å². The molecule has 1 rings (SSSR count). The molecule has 0 unspecified atom stereocenters. The molecule has 0 saturated carbocycles. The van der Waals surface area contributed by atoms with Gasteiger partial charge in [0.05, 0.1) is 0 Å². The first-order chi connectivity index (χ1) is 3.43. The highest BCUT2D eigenvalue weighted by Gasteiger charge is 2.04. The van der Waals surface area contributed by atoms with Crippen molar-refractivity contribution in [2.24, 2.45) is 0 Å². The summed E-state index contributed by atoms with van der Waals surface area (Å²) in [6.45, 7) is 0. The minimum Gasteiger partial charge on any atom is -0.354 e. The van der Waals surface area contributed by atoms with Crippen LogP contribution in [0.3, 0.4) is 0 Å². The summed E-state index contributed by atoms with van der Waals surface area (Å²) in [5.74, 6) is 0. The Hall–Kier alpha value is -0.540. The van der Waals surface area contributed by atoms with Gasteiger partial charge in [0.25, 0.3) is 0 Å². The van der Waals surface area contributed by atoms with Crippen LogP contribution in [-0.2, 0) is 4.74 Å². The van der Waals surface area contributed by atoms with Gasteiger partial charge in [0.1, 0.15) is 0 Å². The Bertz CT molecular complexity index is 81.8. The fourth-order valence-corrected chi connectivity index (χ4v) is 0.391. The Balaban J connectivity index is 2.28. The molecule has 0 bridgehead atoms. The first-order valence-corrected chi connectivity index (χ1v) is 2.02. The molecule has 0 atom stereocenters. The molecule has 3 heteroatoms. The Kier molecular flexibility index (Phi) is 1.29. The van der Waals surface area contributed by atoms with Gasteiger partial charge < -0.3 is 10.2 Å². The number of nitrogens with one attached hydrogen (secondary N) is 2. The molecule has 0 saturated heterocycles. The number of hydrogen-bond acceptors (Lipinski definition) is 3. The molecule has 0 aromatic carbocycles. The molecule has 0 aromatic rings. The van der Waals surface area contributed by atoms with E-state index in [-0.39, 0.29) is 0 Å². The summed E-state index contributed by atoms with van der Waals surface area (Å²) in [6, 6.07) is 0. The molecule has 0 spiro atoms. The van der Waals surface area contributed by atoms with E-state index in [2.05, 4.69) is 10.9 Å². The maximum Gasteiger partial charge on any atom is 0.204 e. The van der Waals surface area contributed by atoms with Crippen molar-refractivity contribution in [3.63, 3.8) is 0 Å². The lowest BCUT2D eigenvalue weighted by Gasteiger charge is -2.00. The second-order valence-electron chi connectivity index (χ2n) is 1.17. The molecule has 0 fully saturated rings. The van der Waals surface area contributed by atoms with Gasteiger partial charge in [-0.1, -0.05) is 0 Å². The van der Waals surface area contributed by atoms with Gasteiger partial charge in [-0.05, 0) is 6.08 Å². The van der Waals surface area contributed by atoms with Crippen LogP contribution in [0.25, 0.3) is 0 Å². The molecule has 1 aliphatic heterocycles. The first-order valence-electron chi connectivity index (χ1n) is 2.02. The second-order valence-corrected chi connectivity index (χ2v) is 1.17. The Labute approximate surface area is 42.3 Å². The minimum atomic E-state index is 0.750. The van der Waals surface area contributed by atoms with Crippen LogP contribution in [0.1, 0.15) is 0 Å². The fraction of sp³-hybridized carbons (Fsp3) is 0.250. The largest absolute Gasteiger partial charge is 0.354 e. The third-order valence-corrected chi connectivity index (χ3v) is 0.733. The van der Waals surface area contributed by atoms with Gasteiger partial charge >= 0.3 is 0 Å². The lowest BCUT2D eigenvalue weighted by molar-refractivity contribution is 0.204. The van der Waals surface area contributed by atoms with E-state index >= 15 is 0 Å². The normalized spacial score (nSPS) is 20.1. The predicted molar refractivity (Wildman–Crippen MR) is 25.7 cm³/mol. The van der Waals surface area contributed by atoms with Crippen LogP contribution >= 0.6 is 0 Å². The number of hydrogen-bond donors (Lipinski definition) is 2. The smallest absolute Gasteiger partial charge is 0.204 e. The average Bonchev–Trinajstić information content (AvgIpc) is 2.14. The van der Waals surface area contributed by atoms with Gasteiger partial charge in [-0.3, -0.25) is 0 Å².